The molecular formula is C22H32N4O5. The molecule has 1 aromatic carbocycles. The topological polar surface area (TPSA) is 142 Å². The molecule has 170 valence electrons. The van der Waals surface area contributed by atoms with Crippen molar-refractivity contribution < 1.29 is 24.3 Å². The molecule has 31 heavy (non-hydrogen) atoms. The number of hydrogen-bond donors (Lipinski definition) is 4. The van der Waals surface area contributed by atoms with E-state index < -0.39 is 42.0 Å². The van der Waals surface area contributed by atoms with E-state index in [2.05, 4.69) is 10.6 Å². The number of likely N-dealkylation sites (tertiary alicyclic amines) is 1. The van der Waals surface area contributed by atoms with E-state index in [9.17, 15) is 24.3 Å². The number of nitrogens with one attached hydrogen (secondary N) is 2. The fraction of sp³-hybridized carbons (Fsp3) is 0.545. The fourth-order valence-electron chi connectivity index (χ4n) is 3.50. The highest BCUT2D eigenvalue weighted by molar-refractivity contribution is 5.94. The van der Waals surface area contributed by atoms with Crippen LogP contribution in [0.3, 0.4) is 0 Å². The third kappa shape index (κ3) is 6.52. The van der Waals surface area contributed by atoms with Crippen LogP contribution in [-0.4, -0.2) is 64.4 Å². The van der Waals surface area contributed by atoms with Crippen molar-refractivity contribution in [3.63, 3.8) is 0 Å². The third-order valence-corrected chi connectivity index (χ3v) is 5.49. The molecule has 2 rings (SSSR count). The molecule has 1 aliphatic rings. The van der Waals surface area contributed by atoms with E-state index in [1.165, 1.54) is 11.8 Å². The minimum absolute atomic E-state index is 0.0564. The molecule has 1 aromatic rings. The van der Waals surface area contributed by atoms with Gasteiger partial charge < -0.3 is 26.4 Å². The minimum Gasteiger partial charge on any atom is -0.480 e. The summed E-state index contributed by atoms with van der Waals surface area (Å²) in [6.45, 7) is 5.61. The number of nitrogens with zero attached hydrogens (tertiary/aromatic N) is 1. The molecule has 4 unspecified atom stereocenters. The Hall–Kier alpha value is -2.94. The number of aliphatic carboxylic acids is 1. The molecule has 1 fully saturated rings. The van der Waals surface area contributed by atoms with Crippen LogP contribution in [0.1, 0.15) is 39.2 Å². The highest BCUT2D eigenvalue weighted by Crippen LogP contribution is 2.20. The monoisotopic (exact) mass is 432 g/mol. The van der Waals surface area contributed by atoms with Gasteiger partial charge in [0.2, 0.25) is 17.7 Å². The Morgan fingerprint density at radius 2 is 1.77 bits per heavy atom. The lowest BCUT2D eigenvalue weighted by Crippen LogP contribution is -2.56. The number of carboxylic acids is 1. The first-order chi connectivity index (χ1) is 14.6. The van der Waals surface area contributed by atoms with Crippen LogP contribution in [-0.2, 0) is 25.6 Å². The molecule has 1 heterocycles. The fourth-order valence-corrected chi connectivity index (χ4v) is 3.50. The number of amides is 3. The summed E-state index contributed by atoms with van der Waals surface area (Å²) < 4.78 is 0. The van der Waals surface area contributed by atoms with Crippen LogP contribution in [0, 0.1) is 5.92 Å². The molecule has 5 N–H and O–H groups in total. The van der Waals surface area contributed by atoms with Gasteiger partial charge in [-0.15, -0.1) is 0 Å². The summed E-state index contributed by atoms with van der Waals surface area (Å²) in [6, 6.07) is 5.50. The zero-order valence-corrected chi connectivity index (χ0v) is 18.2. The van der Waals surface area contributed by atoms with E-state index >= 15 is 0 Å². The van der Waals surface area contributed by atoms with Crippen LogP contribution >= 0.6 is 0 Å². The number of carbonyl (C=O) groups excluding carboxylic acids is 3. The number of rotatable bonds is 9. The van der Waals surface area contributed by atoms with Crippen molar-refractivity contribution in [2.24, 2.45) is 11.7 Å². The van der Waals surface area contributed by atoms with Gasteiger partial charge in [0, 0.05) is 13.0 Å². The summed E-state index contributed by atoms with van der Waals surface area (Å²) in [5.74, 6) is -2.55. The van der Waals surface area contributed by atoms with Crippen molar-refractivity contribution >= 4 is 23.7 Å². The van der Waals surface area contributed by atoms with E-state index in [0.29, 0.717) is 19.4 Å². The van der Waals surface area contributed by atoms with Crippen LogP contribution in [0.15, 0.2) is 30.3 Å². The van der Waals surface area contributed by atoms with E-state index in [4.69, 9.17) is 5.73 Å². The molecule has 0 bridgehead atoms. The highest BCUT2D eigenvalue weighted by atomic mass is 16.4. The van der Waals surface area contributed by atoms with Crippen molar-refractivity contribution in [2.75, 3.05) is 6.54 Å². The van der Waals surface area contributed by atoms with Crippen molar-refractivity contribution in [1.82, 2.24) is 15.5 Å². The Morgan fingerprint density at radius 3 is 2.35 bits per heavy atom. The Kier molecular flexibility index (Phi) is 8.56. The minimum atomic E-state index is -1.16. The van der Waals surface area contributed by atoms with E-state index in [1.54, 1.807) is 24.3 Å². The normalized spacial score (nSPS) is 18.9. The first kappa shape index (κ1) is 24.3. The molecule has 0 radical (unpaired) electrons. The summed E-state index contributed by atoms with van der Waals surface area (Å²) >= 11 is 0. The first-order valence-corrected chi connectivity index (χ1v) is 10.5. The predicted molar refractivity (Wildman–Crippen MR) is 115 cm³/mol. The van der Waals surface area contributed by atoms with Crippen molar-refractivity contribution in [2.45, 2.75) is 64.2 Å². The maximum absolute atomic E-state index is 12.7. The molecule has 9 nitrogen and oxygen atoms in total. The van der Waals surface area contributed by atoms with Gasteiger partial charge in [-0.1, -0.05) is 44.2 Å². The predicted octanol–water partition coefficient (Wildman–Crippen LogP) is 0.278. The average Bonchev–Trinajstić information content (AvgIpc) is 3.22. The highest BCUT2D eigenvalue weighted by Gasteiger charge is 2.37. The maximum Gasteiger partial charge on any atom is 0.326 e. The van der Waals surface area contributed by atoms with Crippen molar-refractivity contribution in [3.8, 4) is 0 Å². The second-order valence-electron chi connectivity index (χ2n) is 8.28. The van der Waals surface area contributed by atoms with Gasteiger partial charge in [0.15, 0.2) is 0 Å². The van der Waals surface area contributed by atoms with E-state index in [-0.39, 0.29) is 18.2 Å². The summed E-state index contributed by atoms with van der Waals surface area (Å²) in [5, 5.41) is 14.5. The zero-order chi connectivity index (χ0) is 23.1. The smallest absolute Gasteiger partial charge is 0.326 e. The van der Waals surface area contributed by atoms with Gasteiger partial charge >= 0.3 is 5.97 Å². The molecule has 0 spiro atoms. The molecule has 1 aliphatic heterocycles. The Labute approximate surface area is 182 Å². The van der Waals surface area contributed by atoms with Gasteiger partial charge in [-0.05, 0) is 31.2 Å². The molecule has 3 amide bonds. The lowest BCUT2D eigenvalue weighted by molar-refractivity contribution is -0.143. The lowest BCUT2D eigenvalue weighted by Gasteiger charge is -2.29. The SMILES string of the molecule is CC(NC(=O)C1CCCN1C(=O)C(N)C(C)C)C(=O)NC(Cc1ccccc1)C(=O)O. The van der Waals surface area contributed by atoms with Crippen LogP contribution in [0.25, 0.3) is 0 Å². The Morgan fingerprint density at radius 1 is 1.13 bits per heavy atom. The molecule has 0 aliphatic carbocycles. The summed E-state index contributed by atoms with van der Waals surface area (Å²) in [7, 11) is 0. The second-order valence-corrected chi connectivity index (χ2v) is 8.28. The number of hydrogen-bond acceptors (Lipinski definition) is 5. The largest absolute Gasteiger partial charge is 0.480 e. The van der Waals surface area contributed by atoms with Crippen molar-refractivity contribution in [3.05, 3.63) is 35.9 Å². The maximum atomic E-state index is 12.7. The lowest BCUT2D eigenvalue weighted by atomic mass is 10.0. The van der Waals surface area contributed by atoms with Crippen LogP contribution in [0.4, 0.5) is 0 Å². The van der Waals surface area contributed by atoms with Crippen molar-refractivity contribution in [1.29, 1.82) is 0 Å². The number of carboxylic acid groups (broad SMARTS) is 1. The van der Waals surface area contributed by atoms with Crippen LogP contribution < -0.4 is 16.4 Å². The summed E-state index contributed by atoms with van der Waals surface area (Å²) in [4.78, 5) is 50.9. The van der Waals surface area contributed by atoms with Gasteiger partial charge in [0.05, 0.1) is 6.04 Å². The van der Waals surface area contributed by atoms with Gasteiger partial charge in [0.1, 0.15) is 18.1 Å². The van der Waals surface area contributed by atoms with Crippen LogP contribution in [0.5, 0.6) is 0 Å². The van der Waals surface area contributed by atoms with Gasteiger partial charge in [-0.3, -0.25) is 14.4 Å². The molecular weight excluding hydrogens is 400 g/mol. The number of carbonyl (C=O) groups is 4. The van der Waals surface area contributed by atoms with Gasteiger partial charge in [-0.25, -0.2) is 4.79 Å². The molecule has 1 saturated heterocycles. The standard InChI is InChI=1S/C22H32N4O5/c1-13(2)18(23)21(29)26-11-7-10-17(26)20(28)24-14(3)19(27)25-16(22(30)31)12-15-8-5-4-6-9-15/h4-6,8-9,13-14,16-18H,7,10-12,23H2,1-3H3,(H,24,28)(H,25,27)(H,30,31). The zero-order valence-electron chi connectivity index (χ0n) is 18.2. The molecule has 4 atom stereocenters. The Bertz CT molecular complexity index is 798. The van der Waals surface area contributed by atoms with E-state index in [0.717, 1.165) is 5.56 Å². The van der Waals surface area contributed by atoms with Gasteiger partial charge in [0.25, 0.3) is 0 Å². The number of nitrogens with two attached hydrogens (primary N) is 1. The van der Waals surface area contributed by atoms with Gasteiger partial charge in [-0.2, -0.15) is 0 Å². The average molecular weight is 433 g/mol. The number of benzene rings is 1. The molecule has 0 aromatic heterocycles. The summed E-state index contributed by atoms with van der Waals surface area (Å²) in [6.07, 6.45) is 1.29. The van der Waals surface area contributed by atoms with Crippen LogP contribution in [0.2, 0.25) is 0 Å². The second kappa shape index (κ2) is 10.9. The van der Waals surface area contributed by atoms with E-state index in [1.807, 2.05) is 19.9 Å². The Balaban J connectivity index is 1.96. The molecule has 9 heteroatoms. The third-order valence-electron chi connectivity index (χ3n) is 5.49. The molecule has 0 saturated carbocycles. The first-order valence-electron chi connectivity index (χ1n) is 10.5. The quantitative estimate of drug-likeness (QED) is 0.441. The summed E-state index contributed by atoms with van der Waals surface area (Å²) in [5.41, 5.74) is 6.73.